The second-order valence-corrected chi connectivity index (χ2v) is 8.11. The van der Waals surface area contributed by atoms with Gasteiger partial charge in [0.15, 0.2) is 0 Å². The number of carbonyl (C=O) groups is 2. The Hall–Kier alpha value is -2.51. The number of aliphatic imine (C=N–C) groups is 1. The van der Waals surface area contributed by atoms with Gasteiger partial charge >= 0.3 is 12.0 Å². The summed E-state index contributed by atoms with van der Waals surface area (Å²) in [5.74, 6) is 0.827. The van der Waals surface area contributed by atoms with Crippen LogP contribution in [0.1, 0.15) is 34.6 Å². The van der Waals surface area contributed by atoms with Crippen LogP contribution in [0.4, 0.5) is 4.79 Å². The molecule has 3 aliphatic heterocycles. The quantitative estimate of drug-likeness (QED) is 0.564. The van der Waals surface area contributed by atoms with Gasteiger partial charge in [-0.15, -0.1) is 16.7 Å². The summed E-state index contributed by atoms with van der Waals surface area (Å²) >= 11 is 0. The Morgan fingerprint density at radius 3 is 2.54 bits per heavy atom. The van der Waals surface area contributed by atoms with Crippen LogP contribution in [-0.2, 0) is 4.79 Å². The summed E-state index contributed by atoms with van der Waals surface area (Å²) in [4.78, 5) is 32.9. The molecule has 0 aliphatic carbocycles. The first-order valence-electron chi connectivity index (χ1n) is 8.87. The monoisotopic (exact) mass is 359 g/mol. The van der Waals surface area contributed by atoms with Gasteiger partial charge in [-0.05, 0) is 13.8 Å². The number of carbonyl (C=O) groups excluding carboxylic acids is 2. The lowest BCUT2D eigenvalue weighted by Gasteiger charge is -2.35. The number of nitrogens with zero attached hydrogens (tertiary/aromatic N) is 6. The minimum Gasteiger partial charge on any atom is -0.270 e. The number of hydrazone groups is 1. The van der Waals surface area contributed by atoms with Gasteiger partial charge < -0.3 is 0 Å². The first-order valence-corrected chi connectivity index (χ1v) is 8.87. The number of likely N-dealkylation sites (N-methyl/N-ethyl adjacent to an activating group) is 1. The van der Waals surface area contributed by atoms with Crippen LogP contribution in [-0.4, -0.2) is 81.1 Å². The lowest BCUT2D eigenvalue weighted by atomic mass is 9.89. The molecule has 26 heavy (non-hydrogen) atoms. The van der Waals surface area contributed by atoms with Crippen molar-refractivity contribution in [2.45, 2.75) is 46.7 Å². The van der Waals surface area contributed by atoms with E-state index in [-0.39, 0.29) is 29.9 Å². The van der Waals surface area contributed by atoms with Gasteiger partial charge in [-0.1, -0.05) is 31.8 Å². The molecule has 0 radical (unpaired) electrons. The van der Waals surface area contributed by atoms with Crippen LogP contribution in [0.2, 0.25) is 0 Å². The Kier molecular flexibility index (Phi) is 4.24. The Bertz CT molecular complexity index is 771. The van der Waals surface area contributed by atoms with Crippen molar-refractivity contribution in [2.75, 3.05) is 20.1 Å². The minimum atomic E-state index is -0.609. The predicted molar refractivity (Wildman–Crippen MR) is 100 cm³/mol. The molecule has 1 fully saturated rings. The van der Waals surface area contributed by atoms with Crippen LogP contribution in [0, 0.1) is 5.41 Å². The zero-order chi connectivity index (χ0) is 19.4. The van der Waals surface area contributed by atoms with E-state index in [1.54, 1.807) is 13.1 Å². The van der Waals surface area contributed by atoms with Gasteiger partial charge in [-0.25, -0.2) is 9.37 Å². The van der Waals surface area contributed by atoms with E-state index in [0.717, 1.165) is 5.71 Å². The molecule has 0 aromatic rings. The Morgan fingerprint density at radius 1 is 1.35 bits per heavy atom. The van der Waals surface area contributed by atoms with Gasteiger partial charge in [-0.2, -0.15) is 0 Å². The molecule has 0 N–H and O–H groups in total. The summed E-state index contributed by atoms with van der Waals surface area (Å²) < 4.78 is 1.96. The number of urea groups is 1. The number of rotatable bonds is 3. The van der Waals surface area contributed by atoms with Crippen molar-refractivity contribution in [2.24, 2.45) is 15.5 Å². The molecule has 3 rings (SSSR count). The first-order chi connectivity index (χ1) is 12.1. The average Bonchev–Trinajstić information content (AvgIpc) is 2.94. The molecule has 0 aromatic heterocycles. The topological polar surface area (TPSA) is 71.6 Å². The molecule has 1 saturated heterocycles. The molecule has 0 aromatic carbocycles. The van der Waals surface area contributed by atoms with Crippen LogP contribution in [0.15, 0.2) is 22.7 Å². The number of imide groups is 1. The summed E-state index contributed by atoms with van der Waals surface area (Å²) in [6, 6.07) is -0.907. The van der Waals surface area contributed by atoms with Gasteiger partial charge in [0.2, 0.25) is 11.9 Å². The maximum absolute atomic E-state index is 13.1. The molecule has 0 spiro atoms. The molecule has 0 saturated carbocycles. The van der Waals surface area contributed by atoms with Crippen LogP contribution in [0.3, 0.4) is 0 Å². The number of hydrogen-bond donors (Lipinski definition) is 0. The van der Waals surface area contributed by atoms with E-state index in [1.807, 2.05) is 23.4 Å². The van der Waals surface area contributed by atoms with Gasteiger partial charge in [-0.3, -0.25) is 14.6 Å². The molecule has 3 heterocycles. The van der Waals surface area contributed by atoms with E-state index in [9.17, 15) is 9.59 Å². The van der Waals surface area contributed by atoms with Crippen molar-refractivity contribution in [3.63, 3.8) is 0 Å². The molecule has 0 bridgehead atoms. The van der Waals surface area contributed by atoms with Crippen LogP contribution in [0.5, 0.6) is 0 Å². The lowest BCUT2D eigenvalue weighted by molar-refractivity contribution is -0.528. The highest BCUT2D eigenvalue weighted by Gasteiger charge is 2.55. The zero-order valence-corrected chi connectivity index (χ0v) is 16.4. The number of hydrogen-bond acceptors (Lipinski definition) is 5. The van der Waals surface area contributed by atoms with E-state index < -0.39 is 6.04 Å². The standard InChI is InChI=1S/C18H27N6O2/c1-8-9-22-15(25)13-14(21(7)17(22)26)19-16-23(13)10-12(18(4,5)6)20-24(16)11(2)3/h8,11,13H,1,9-10H2,2-7H3/q+1. The zero-order valence-electron chi connectivity index (χ0n) is 16.4. The second kappa shape index (κ2) is 6.03. The van der Waals surface area contributed by atoms with E-state index in [0.29, 0.717) is 18.3 Å². The largest absolute Gasteiger partial charge is 0.416 e. The summed E-state index contributed by atoms with van der Waals surface area (Å²) in [7, 11) is 1.65. The van der Waals surface area contributed by atoms with Crippen molar-refractivity contribution in [3.05, 3.63) is 12.7 Å². The third-order valence-corrected chi connectivity index (χ3v) is 4.81. The third kappa shape index (κ3) is 2.64. The normalized spacial score (nSPS) is 23.3. The van der Waals surface area contributed by atoms with E-state index in [4.69, 9.17) is 5.10 Å². The molecule has 140 valence electrons. The number of guanidine groups is 1. The summed E-state index contributed by atoms with van der Waals surface area (Å²) in [5.41, 5.74) is 0.843. The minimum absolute atomic E-state index is 0.0787. The maximum atomic E-state index is 13.1. The van der Waals surface area contributed by atoms with E-state index in [2.05, 4.69) is 32.3 Å². The summed E-state index contributed by atoms with van der Waals surface area (Å²) in [6.07, 6.45) is 1.56. The lowest BCUT2D eigenvalue weighted by Crippen LogP contribution is -2.63. The molecular weight excluding hydrogens is 332 g/mol. The second-order valence-electron chi connectivity index (χ2n) is 8.11. The molecule has 3 amide bonds. The molecule has 1 atom stereocenters. The van der Waals surface area contributed by atoms with Crippen molar-refractivity contribution in [3.8, 4) is 0 Å². The third-order valence-electron chi connectivity index (χ3n) is 4.81. The highest BCUT2D eigenvalue weighted by atomic mass is 16.2. The Balaban J connectivity index is 2.08. The fourth-order valence-electron chi connectivity index (χ4n) is 3.25. The molecular formula is C18H27N6O2+. The van der Waals surface area contributed by atoms with E-state index in [1.165, 1.54) is 9.80 Å². The smallest absolute Gasteiger partial charge is 0.270 e. The first kappa shape index (κ1) is 18.3. The van der Waals surface area contributed by atoms with Gasteiger partial charge in [0, 0.05) is 19.0 Å². The maximum Gasteiger partial charge on any atom is 0.416 e. The number of amides is 3. The fourth-order valence-corrected chi connectivity index (χ4v) is 3.25. The fraction of sp³-hybridized carbons (Fsp3) is 0.611. The molecule has 3 aliphatic rings. The van der Waals surface area contributed by atoms with Crippen LogP contribution >= 0.6 is 0 Å². The van der Waals surface area contributed by atoms with Crippen LogP contribution < -0.4 is 0 Å². The Labute approximate surface area is 154 Å². The number of amidine groups is 1. The molecule has 8 nitrogen and oxygen atoms in total. The van der Waals surface area contributed by atoms with Crippen molar-refractivity contribution < 1.29 is 14.2 Å². The van der Waals surface area contributed by atoms with Crippen molar-refractivity contribution in [1.29, 1.82) is 0 Å². The van der Waals surface area contributed by atoms with Crippen LogP contribution in [0.25, 0.3) is 0 Å². The molecule has 8 heteroatoms. The predicted octanol–water partition coefficient (Wildman–Crippen LogP) is 1.34. The van der Waals surface area contributed by atoms with Gasteiger partial charge in [0.25, 0.3) is 5.91 Å². The SMILES string of the molecule is C=CCN1C(=O)C2C(=NC3=[N+]2CC(C(C)(C)C)=NN3C(C)C)N(C)C1=O. The van der Waals surface area contributed by atoms with Gasteiger partial charge in [0.05, 0.1) is 11.8 Å². The van der Waals surface area contributed by atoms with Gasteiger partial charge in [0.1, 0.15) is 6.54 Å². The highest BCUT2D eigenvalue weighted by Crippen LogP contribution is 2.27. The summed E-state index contributed by atoms with van der Waals surface area (Å²) in [6.45, 7) is 14.7. The highest BCUT2D eigenvalue weighted by molar-refractivity contribution is 6.23. The van der Waals surface area contributed by atoms with E-state index >= 15 is 0 Å². The Morgan fingerprint density at radius 2 is 2.00 bits per heavy atom. The average molecular weight is 359 g/mol. The summed E-state index contributed by atoms with van der Waals surface area (Å²) in [5, 5.41) is 6.64. The van der Waals surface area contributed by atoms with Crippen molar-refractivity contribution in [1.82, 2.24) is 14.8 Å². The molecule has 1 unspecified atom stereocenters. The number of fused-ring (bicyclic) bond motifs is 2. The van der Waals surface area contributed by atoms with Crippen molar-refractivity contribution >= 4 is 29.4 Å².